The maximum absolute atomic E-state index is 14.0. The number of nitrogens with two attached hydrogens (primary N) is 1. The number of benzene rings is 1. The molecule has 0 saturated carbocycles. The van der Waals surface area contributed by atoms with Gasteiger partial charge in [0.2, 0.25) is 0 Å². The van der Waals surface area contributed by atoms with Crippen LogP contribution in [0.1, 0.15) is 0 Å². The van der Waals surface area contributed by atoms with E-state index in [1.54, 1.807) is 7.05 Å². The van der Waals surface area contributed by atoms with Crippen LogP contribution in [-0.4, -0.2) is 16.9 Å². The zero-order valence-electron chi connectivity index (χ0n) is 9.67. The maximum Gasteiger partial charge on any atom is 0.157 e. The predicted octanol–water partition coefficient (Wildman–Crippen LogP) is 2.61. The van der Waals surface area contributed by atoms with Gasteiger partial charge in [0.25, 0.3) is 0 Å². The van der Waals surface area contributed by atoms with Gasteiger partial charge in [-0.1, -0.05) is 11.6 Å². The molecule has 18 heavy (non-hydrogen) atoms. The average Bonchev–Trinajstić information content (AvgIpc) is 2.64. The van der Waals surface area contributed by atoms with Gasteiger partial charge >= 0.3 is 0 Å². The quantitative estimate of drug-likeness (QED) is 0.856. The summed E-state index contributed by atoms with van der Waals surface area (Å²) < 4.78 is 33.9. The molecular weight excluding hydrogens is 264 g/mol. The third kappa shape index (κ3) is 1.88. The summed E-state index contributed by atoms with van der Waals surface area (Å²) in [7, 11) is 2.85. The number of nitrogen functional groups attached to an aromatic ring is 1. The molecule has 0 aliphatic carbocycles. The topological polar surface area (TPSA) is 53.1 Å². The molecule has 7 heteroatoms. The molecule has 0 unspecified atom stereocenters. The van der Waals surface area contributed by atoms with Crippen LogP contribution >= 0.6 is 11.6 Å². The minimum absolute atomic E-state index is 0.0701. The highest BCUT2D eigenvalue weighted by Gasteiger charge is 2.21. The molecule has 2 rings (SSSR count). The minimum atomic E-state index is -0.924. The molecule has 1 heterocycles. The maximum atomic E-state index is 14.0. The number of nitrogens with zero attached hydrogens (tertiary/aromatic N) is 2. The van der Waals surface area contributed by atoms with Crippen LogP contribution in [0.5, 0.6) is 5.75 Å². The van der Waals surface area contributed by atoms with E-state index in [1.165, 1.54) is 17.9 Å². The van der Waals surface area contributed by atoms with Gasteiger partial charge in [0, 0.05) is 19.2 Å². The van der Waals surface area contributed by atoms with Crippen LogP contribution in [0.15, 0.2) is 12.1 Å². The van der Waals surface area contributed by atoms with Crippen molar-refractivity contribution in [1.82, 2.24) is 9.78 Å². The number of hydrogen-bond donors (Lipinski definition) is 1. The van der Waals surface area contributed by atoms with Crippen LogP contribution in [0.4, 0.5) is 14.6 Å². The highest BCUT2D eigenvalue weighted by atomic mass is 35.5. The normalized spacial score (nSPS) is 10.7. The van der Waals surface area contributed by atoms with Crippen molar-refractivity contribution in [2.45, 2.75) is 0 Å². The Morgan fingerprint density at radius 2 is 2.06 bits per heavy atom. The Morgan fingerprint density at radius 3 is 2.56 bits per heavy atom. The number of aromatic nitrogens is 2. The van der Waals surface area contributed by atoms with Gasteiger partial charge in [-0.15, -0.1) is 0 Å². The second-order valence-corrected chi connectivity index (χ2v) is 4.02. The Labute approximate surface area is 107 Å². The van der Waals surface area contributed by atoms with Crippen molar-refractivity contribution in [3.63, 3.8) is 0 Å². The van der Waals surface area contributed by atoms with Crippen molar-refractivity contribution in [2.75, 3.05) is 12.8 Å². The molecule has 0 bridgehead atoms. The first-order chi connectivity index (χ1) is 8.45. The molecule has 0 saturated heterocycles. The summed E-state index contributed by atoms with van der Waals surface area (Å²) in [6.07, 6.45) is 0. The van der Waals surface area contributed by atoms with Gasteiger partial charge in [-0.2, -0.15) is 5.10 Å². The van der Waals surface area contributed by atoms with Crippen LogP contribution in [0.25, 0.3) is 11.3 Å². The van der Waals surface area contributed by atoms with E-state index >= 15 is 0 Å². The number of rotatable bonds is 2. The van der Waals surface area contributed by atoms with Crippen molar-refractivity contribution < 1.29 is 13.5 Å². The molecular formula is C11H10ClF2N3O. The summed E-state index contributed by atoms with van der Waals surface area (Å²) in [5, 5.41) is 3.62. The fourth-order valence-corrected chi connectivity index (χ4v) is 1.79. The molecule has 0 fully saturated rings. The zero-order chi connectivity index (χ0) is 13.4. The van der Waals surface area contributed by atoms with E-state index in [0.29, 0.717) is 0 Å². The third-order valence-electron chi connectivity index (χ3n) is 2.52. The average molecular weight is 274 g/mol. The summed E-state index contributed by atoms with van der Waals surface area (Å²) in [6, 6.07) is 2.37. The van der Waals surface area contributed by atoms with Gasteiger partial charge in [-0.05, 0) is 0 Å². The van der Waals surface area contributed by atoms with Gasteiger partial charge < -0.3 is 10.5 Å². The first-order valence-electron chi connectivity index (χ1n) is 4.97. The van der Waals surface area contributed by atoms with Crippen LogP contribution in [0.2, 0.25) is 5.02 Å². The number of ether oxygens (including phenoxy) is 1. The fourth-order valence-electron chi connectivity index (χ4n) is 1.56. The van der Waals surface area contributed by atoms with Crippen molar-refractivity contribution in [3.05, 3.63) is 28.8 Å². The molecule has 96 valence electrons. The lowest BCUT2D eigenvalue weighted by molar-refractivity contribution is 0.407. The Balaban J connectivity index is 2.68. The largest absolute Gasteiger partial charge is 0.495 e. The zero-order valence-corrected chi connectivity index (χ0v) is 10.4. The molecule has 0 aliphatic heterocycles. The van der Waals surface area contributed by atoms with Crippen LogP contribution in [-0.2, 0) is 7.05 Å². The van der Waals surface area contributed by atoms with Crippen LogP contribution < -0.4 is 10.5 Å². The van der Waals surface area contributed by atoms with Gasteiger partial charge in [0.1, 0.15) is 28.1 Å². The summed E-state index contributed by atoms with van der Waals surface area (Å²) in [5.41, 5.74) is 5.32. The standard InChI is InChI=1S/C11H10ClF2N3O/c1-17-8(15)4-6(16-17)9-5(13)3-7(18-2)10(12)11(9)14/h3-4H,15H2,1-2H3. The van der Waals surface area contributed by atoms with Crippen molar-refractivity contribution >= 4 is 17.4 Å². The summed E-state index contributed by atoms with van der Waals surface area (Å²) >= 11 is 5.73. The van der Waals surface area contributed by atoms with Crippen molar-refractivity contribution in [1.29, 1.82) is 0 Å². The smallest absolute Gasteiger partial charge is 0.157 e. The molecule has 1 aromatic heterocycles. The minimum Gasteiger partial charge on any atom is -0.495 e. The molecule has 1 aromatic carbocycles. The van der Waals surface area contributed by atoms with E-state index in [4.69, 9.17) is 22.1 Å². The number of methoxy groups -OCH3 is 1. The Kier molecular flexibility index (Phi) is 3.13. The molecule has 4 nitrogen and oxygen atoms in total. The molecule has 0 aliphatic rings. The lowest BCUT2D eigenvalue weighted by Crippen LogP contribution is -1.98. The van der Waals surface area contributed by atoms with Gasteiger partial charge in [-0.25, -0.2) is 8.78 Å². The van der Waals surface area contributed by atoms with Crippen molar-refractivity contribution in [3.8, 4) is 17.0 Å². The van der Waals surface area contributed by atoms with E-state index in [0.717, 1.165) is 6.07 Å². The second kappa shape index (κ2) is 4.45. The second-order valence-electron chi connectivity index (χ2n) is 3.64. The molecule has 0 atom stereocenters. The van der Waals surface area contributed by atoms with E-state index in [9.17, 15) is 8.78 Å². The number of anilines is 1. The molecule has 0 radical (unpaired) electrons. The first kappa shape index (κ1) is 12.6. The van der Waals surface area contributed by atoms with E-state index in [2.05, 4.69) is 5.10 Å². The van der Waals surface area contributed by atoms with E-state index in [-0.39, 0.29) is 27.8 Å². The highest BCUT2D eigenvalue weighted by molar-refractivity contribution is 6.32. The Hall–Kier alpha value is -1.82. The Morgan fingerprint density at radius 1 is 1.39 bits per heavy atom. The highest BCUT2D eigenvalue weighted by Crippen LogP contribution is 2.36. The van der Waals surface area contributed by atoms with Gasteiger partial charge in [0.05, 0.1) is 12.7 Å². The van der Waals surface area contributed by atoms with Crippen LogP contribution in [0.3, 0.4) is 0 Å². The Bertz CT molecular complexity index is 593. The predicted molar refractivity (Wildman–Crippen MR) is 64.5 cm³/mol. The van der Waals surface area contributed by atoms with Gasteiger partial charge in [0.15, 0.2) is 5.82 Å². The molecule has 0 spiro atoms. The molecule has 0 amide bonds. The number of halogens is 3. The molecule has 2 aromatic rings. The van der Waals surface area contributed by atoms with Crippen molar-refractivity contribution in [2.24, 2.45) is 7.05 Å². The van der Waals surface area contributed by atoms with Gasteiger partial charge in [-0.3, -0.25) is 4.68 Å². The summed E-state index contributed by atoms with van der Waals surface area (Å²) in [5.74, 6) is -1.52. The van der Waals surface area contributed by atoms with Crippen LogP contribution in [0, 0.1) is 11.6 Å². The third-order valence-corrected chi connectivity index (χ3v) is 2.87. The fraction of sp³-hybridized carbons (Fsp3) is 0.182. The van der Waals surface area contributed by atoms with E-state index in [1.807, 2.05) is 0 Å². The summed E-state index contributed by atoms with van der Waals surface area (Å²) in [6.45, 7) is 0. The SMILES string of the molecule is COc1cc(F)c(-c2cc(N)n(C)n2)c(F)c1Cl. The van der Waals surface area contributed by atoms with E-state index < -0.39 is 11.6 Å². The monoisotopic (exact) mass is 273 g/mol. The molecule has 2 N–H and O–H groups in total. The lowest BCUT2D eigenvalue weighted by Gasteiger charge is -2.08. The first-order valence-corrected chi connectivity index (χ1v) is 5.35. The summed E-state index contributed by atoms with van der Waals surface area (Å²) in [4.78, 5) is 0. The number of aryl methyl sites for hydroxylation is 1. The lowest BCUT2D eigenvalue weighted by atomic mass is 10.1. The number of hydrogen-bond acceptors (Lipinski definition) is 3.